The molecule has 0 spiro atoms. The van der Waals surface area contributed by atoms with Gasteiger partial charge in [0, 0.05) is 30.2 Å². The fraction of sp³-hybridized carbons (Fsp3) is 0.381. The van der Waals surface area contributed by atoms with Gasteiger partial charge in [-0.1, -0.05) is 23.7 Å². The molecule has 1 aromatic carbocycles. The van der Waals surface area contributed by atoms with Crippen molar-refractivity contribution < 1.29 is 9.21 Å². The molecule has 1 saturated heterocycles. The molecular weight excluding hydrogens is 376 g/mol. The molecule has 0 N–H and O–H groups in total. The monoisotopic (exact) mass is 398 g/mol. The highest BCUT2D eigenvalue weighted by atomic mass is 35.5. The first kappa shape index (κ1) is 18.7. The standard InChI is InChI=1S/C21H23ClN4O2/c1-14(2)26-19(9-10-24-26)21(27)25-11-3-4-18(25)20-23-13-17(28-20)12-15-5-7-16(22)8-6-15/h5-10,13-14,18H,3-4,11-12H2,1-2H3/t18-/m0/s1. The van der Waals surface area contributed by atoms with Gasteiger partial charge in [-0.05, 0) is 50.5 Å². The van der Waals surface area contributed by atoms with Crippen LogP contribution >= 0.6 is 11.6 Å². The Morgan fingerprint density at radius 2 is 2.07 bits per heavy atom. The Labute approximate surface area is 169 Å². The largest absolute Gasteiger partial charge is 0.443 e. The lowest BCUT2D eigenvalue weighted by Crippen LogP contribution is -2.32. The van der Waals surface area contributed by atoms with Crippen LogP contribution in [0.1, 0.15) is 66.5 Å². The number of benzene rings is 1. The van der Waals surface area contributed by atoms with Gasteiger partial charge in [0.25, 0.3) is 5.91 Å². The van der Waals surface area contributed by atoms with Gasteiger partial charge in [-0.15, -0.1) is 0 Å². The van der Waals surface area contributed by atoms with Crippen LogP contribution < -0.4 is 0 Å². The van der Waals surface area contributed by atoms with Gasteiger partial charge >= 0.3 is 0 Å². The molecule has 4 rings (SSSR count). The molecule has 0 saturated carbocycles. The predicted octanol–water partition coefficient (Wildman–Crippen LogP) is 4.67. The van der Waals surface area contributed by atoms with Crippen molar-refractivity contribution in [2.45, 2.75) is 45.2 Å². The highest BCUT2D eigenvalue weighted by Gasteiger charge is 2.35. The minimum absolute atomic E-state index is 0.0221. The molecule has 0 bridgehead atoms. The van der Waals surface area contributed by atoms with E-state index in [9.17, 15) is 4.79 Å². The maximum absolute atomic E-state index is 13.1. The number of carbonyl (C=O) groups excluding carboxylic acids is 1. The van der Waals surface area contributed by atoms with Gasteiger partial charge in [-0.2, -0.15) is 5.10 Å². The van der Waals surface area contributed by atoms with E-state index in [2.05, 4.69) is 10.1 Å². The molecule has 0 radical (unpaired) electrons. The Kier molecular flexibility index (Phi) is 5.22. The van der Waals surface area contributed by atoms with Crippen LogP contribution in [0.15, 0.2) is 47.1 Å². The third-order valence-corrected chi connectivity index (χ3v) is 5.29. The van der Waals surface area contributed by atoms with Gasteiger partial charge in [-0.3, -0.25) is 9.48 Å². The van der Waals surface area contributed by atoms with E-state index in [1.54, 1.807) is 23.1 Å². The van der Waals surface area contributed by atoms with E-state index in [0.717, 1.165) is 24.2 Å². The quantitative estimate of drug-likeness (QED) is 0.626. The molecule has 3 aromatic rings. The summed E-state index contributed by atoms with van der Waals surface area (Å²) in [7, 11) is 0. The number of hydrogen-bond acceptors (Lipinski definition) is 4. The van der Waals surface area contributed by atoms with Crippen molar-refractivity contribution in [2.24, 2.45) is 0 Å². The lowest BCUT2D eigenvalue weighted by Gasteiger charge is -2.23. The Balaban J connectivity index is 1.52. The smallest absolute Gasteiger partial charge is 0.272 e. The van der Waals surface area contributed by atoms with Crippen LogP contribution in [-0.2, 0) is 6.42 Å². The first-order valence-electron chi connectivity index (χ1n) is 9.56. The van der Waals surface area contributed by atoms with Gasteiger partial charge in [0.2, 0.25) is 5.89 Å². The van der Waals surface area contributed by atoms with Gasteiger partial charge < -0.3 is 9.32 Å². The van der Waals surface area contributed by atoms with Gasteiger partial charge in [0.1, 0.15) is 17.5 Å². The van der Waals surface area contributed by atoms with Crippen molar-refractivity contribution in [3.8, 4) is 0 Å². The average molecular weight is 399 g/mol. The van der Waals surface area contributed by atoms with Crippen LogP contribution in [0.5, 0.6) is 0 Å². The summed E-state index contributed by atoms with van der Waals surface area (Å²) in [5.74, 6) is 1.36. The molecule has 6 nitrogen and oxygen atoms in total. The van der Waals surface area contributed by atoms with Crippen molar-refractivity contribution >= 4 is 17.5 Å². The minimum Gasteiger partial charge on any atom is -0.443 e. The number of halogens is 1. The molecule has 1 aliphatic rings. The van der Waals surface area contributed by atoms with Crippen LogP contribution in [0.2, 0.25) is 5.02 Å². The van der Waals surface area contributed by atoms with E-state index < -0.39 is 0 Å². The van der Waals surface area contributed by atoms with Gasteiger partial charge in [0.15, 0.2) is 0 Å². The van der Waals surface area contributed by atoms with Crippen molar-refractivity contribution in [3.05, 3.63) is 70.7 Å². The molecule has 1 aliphatic heterocycles. The second kappa shape index (κ2) is 7.80. The minimum atomic E-state index is -0.137. The number of likely N-dealkylation sites (tertiary alicyclic amines) is 1. The fourth-order valence-corrected chi connectivity index (χ4v) is 3.80. The van der Waals surface area contributed by atoms with E-state index in [1.165, 1.54) is 0 Å². The van der Waals surface area contributed by atoms with Gasteiger partial charge in [0.05, 0.1) is 6.20 Å². The lowest BCUT2D eigenvalue weighted by atomic mass is 10.1. The molecule has 1 atom stereocenters. The van der Waals surface area contributed by atoms with Gasteiger partial charge in [-0.25, -0.2) is 4.98 Å². The summed E-state index contributed by atoms with van der Waals surface area (Å²) in [5, 5.41) is 4.99. The third-order valence-electron chi connectivity index (χ3n) is 5.04. The number of hydrogen-bond donors (Lipinski definition) is 0. The van der Waals surface area contributed by atoms with E-state index in [-0.39, 0.29) is 18.0 Å². The van der Waals surface area contributed by atoms with Crippen molar-refractivity contribution in [1.82, 2.24) is 19.7 Å². The zero-order valence-corrected chi connectivity index (χ0v) is 16.8. The van der Waals surface area contributed by atoms with Crippen LogP contribution in [0, 0.1) is 0 Å². The van der Waals surface area contributed by atoms with Crippen LogP contribution in [0.4, 0.5) is 0 Å². The highest BCUT2D eigenvalue weighted by molar-refractivity contribution is 6.30. The van der Waals surface area contributed by atoms with Crippen LogP contribution in [-0.4, -0.2) is 32.1 Å². The molecule has 3 heterocycles. The molecular formula is C21H23ClN4O2. The summed E-state index contributed by atoms with van der Waals surface area (Å²) in [4.78, 5) is 19.5. The molecule has 1 fully saturated rings. The van der Waals surface area contributed by atoms with Crippen molar-refractivity contribution in [3.63, 3.8) is 0 Å². The number of oxazole rings is 1. The summed E-state index contributed by atoms with van der Waals surface area (Å²) in [6.07, 6.45) is 5.85. The summed E-state index contributed by atoms with van der Waals surface area (Å²) in [5.41, 5.74) is 1.71. The first-order valence-corrected chi connectivity index (χ1v) is 9.94. The summed E-state index contributed by atoms with van der Waals surface area (Å²) in [6.45, 7) is 4.73. The van der Waals surface area contributed by atoms with E-state index in [0.29, 0.717) is 29.6 Å². The molecule has 0 aliphatic carbocycles. The Hall–Kier alpha value is -2.60. The number of amides is 1. The predicted molar refractivity (Wildman–Crippen MR) is 106 cm³/mol. The number of nitrogens with zero attached hydrogens (tertiary/aromatic N) is 4. The SMILES string of the molecule is CC(C)n1nccc1C(=O)N1CCC[C@H]1c1ncc(Cc2ccc(Cl)cc2)o1. The fourth-order valence-electron chi connectivity index (χ4n) is 3.67. The number of rotatable bonds is 5. The second-order valence-electron chi connectivity index (χ2n) is 7.38. The Morgan fingerprint density at radius 3 is 2.82 bits per heavy atom. The summed E-state index contributed by atoms with van der Waals surface area (Å²) < 4.78 is 7.78. The maximum Gasteiger partial charge on any atom is 0.272 e. The average Bonchev–Trinajstić information content (AvgIpc) is 3.43. The maximum atomic E-state index is 13.1. The van der Waals surface area contributed by atoms with E-state index in [4.69, 9.17) is 16.0 Å². The van der Waals surface area contributed by atoms with Crippen LogP contribution in [0.25, 0.3) is 0 Å². The first-order chi connectivity index (χ1) is 13.5. The lowest BCUT2D eigenvalue weighted by molar-refractivity contribution is 0.0700. The van der Waals surface area contributed by atoms with Crippen LogP contribution in [0.3, 0.4) is 0 Å². The van der Waals surface area contributed by atoms with Crippen molar-refractivity contribution in [1.29, 1.82) is 0 Å². The second-order valence-corrected chi connectivity index (χ2v) is 7.82. The zero-order valence-electron chi connectivity index (χ0n) is 16.0. The topological polar surface area (TPSA) is 64.2 Å². The number of aromatic nitrogens is 3. The Bertz CT molecular complexity index is 961. The summed E-state index contributed by atoms with van der Waals surface area (Å²) >= 11 is 5.94. The molecule has 0 unspecified atom stereocenters. The normalized spacial score (nSPS) is 16.9. The van der Waals surface area contributed by atoms with Crippen molar-refractivity contribution in [2.75, 3.05) is 6.54 Å². The van der Waals surface area contributed by atoms with E-state index >= 15 is 0 Å². The zero-order chi connectivity index (χ0) is 19.7. The molecule has 146 valence electrons. The summed E-state index contributed by atoms with van der Waals surface area (Å²) in [6, 6.07) is 9.45. The number of carbonyl (C=O) groups is 1. The van der Waals surface area contributed by atoms with E-state index in [1.807, 2.05) is 43.0 Å². The molecule has 28 heavy (non-hydrogen) atoms. The molecule has 7 heteroatoms. The third kappa shape index (κ3) is 3.69. The molecule has 2 aromatic heterocycles. The highest BCUT2D eigenvalue weighted by Crippen LogP contribution is 2.33. The molecule has 1 amide bonds. The Morgan fingerprint density at radius 1 is 1.29 bits per heavy atom.